The first-order valence-corrected chi connectivity index (χ1v) is 15.6. The predicted molar refractivity (Wildman–Crippen MR) is 153 cm³/mol. The first kappa shape index (κ1) is 28.0. The van der Waals surface area contributed by atoms with Gasteiger partial charge in [-0.15, -0.1) is 0 Å². The van der Waals surface area contributed by atoms with E-state index in [1.54, 1.807) is 36.4 Å². The van der Waals surface area contributed by atoms with Crippen molar-refractivity contribution >= 4 is 27.6 Å². The number of ketones is 1. The second-order valence-electron chi connectivity index (χ2n) is 11.0. The number of fused-ring (bicyclic) bond motifs is 1. The summed E-state index contributed by atoms with van der Waals surface area (Å²) in [5.74, 6) is 0.228. The first-order chi connectivity index (χ1) is 20.3. The van der Waals surface area contributed by atoms with E-state index in [1.165, 1.54) is 21.5 Å². The van der Waals surface area contributed by atoms with Crippen molar-refractivity contribution < 1.29 is 27.5 Å². The fourth-order valence-corrected chi connectivity index (χ4v) is 7.91. The molecule has 1 aliphatic carbocycles. The highest BCUT2D eigenvalue weighted by Gasteiger charge is 2.57. The van der Waals surface area contributed by atoms with E-state index in [0.29, 0.717) is 36.3 Å². The van der Waals surface area contributed by atoms with Crippen LogP contribution >= 0.6 is 0 Å². The second kappa shape index (κ2) is 11.3. The molecule has 42 heavy (non-hydrogen) atoms. The lowest BCUT2D eigenvalue weighted by Gasteiger charge is -2.40. The third-order valence-corrected chi connectivity index (χ3v) is 10.2. The predicted octanol–water partition coefficient (Wildman–Crippen LogP) is 3.55. The van der Waals surface area contributed by atoms with Gasteiger partial charge in [0.05, 0.1) is 12.6 Å². The van der Waals surface area contributed by atoms with E-state index in [2.05, 4.69) is 10.3 Å². The van der Waals surface area contributed by atoms with Gasteiger partial charge < -0.3 is 15.0 Å². The molecule has 3 heterocycles. The lowest BCUT2D eigenvalue weighted by atomic mass is 9.80. The molecular formula is C31H32N4O6S. The minimum atomic E-state index is -4.01. The minimum absolute atomic E-state index is 0.126. The van der Waals surface area contributed by atoms with Crippen LogP contribution in [-0.4, -0.2) is 70.9 Å². The number of Topliss-reactive ketones (excluding diaryl/α,β-unsaturated/α-hetero) is 1. The van der Waals surface area contributed by atoms with E-state index in [1.807, 2.05) is 30.3 Å². The average molecular weight is 589 g/mol. The molecule has 2 aromatic carbocycles. The number of para-hydroxylation sites is 1. The molecule has 0 bridgehead atoms. The molecule has 11 heteroatoms. The van der Waals surface area contributed by atoms with E-state index in [9.17, 15) is 22.8 Å². The van der Waals surface area contributed by atoms with Crippen LogP contribution in [0.3, 0.4) is 0 Å². The van der Waals surface area contributed by atoms with E-state index in [0.717, 1.165) is 19.3 Å². The smallest absolute Gasteiger partial charge is 0.261 e. The van der Waals surface area contributed by atoms with Gasteiger partial charge in [-0.3, -0.25) is 14.4 Å². The molecule has 1 aromatic heterocycles. The number of rotatable bonds is 7. The van der Waals surface area contributed by atoms with E-state index < -0.39 is 27.6 Å². The summed E-state index contributed by atoms with van der Waals surface area (Å²) in [6.07, 6.45) is 5.08. The van der Waals surface area contributed by atoms with Crippen molar-refractivity contribution in [1.82, 2.24) is 19.5 Å². The summed E-state index contributed by atoms with van der Waals surface area (Å²) in [6.45, 7) is -0.0773. The number of ether oxygens (including phenoxy) is 1. The maximum absolute atomic E-state index is 14.2. The Bertz CT molecular complexity index is 1570. The van der Waals surface area contributed by atoms with Gasteiger partial charge in [0.15, 0.2) is 10.8 Å². The normalized spacial score (nSPS) is 22.0. The molecule has 2 aliphatic heterocycles. The van der Waals surface area contributed by atoms with Crippen LogP contribution in [0, 0.1) is 0 Å². The molecule has 2 amide bonds. The van der Waals surface area contributed by atoms with Gasteiger partial charge in [0, 0.05) is 18.3 Å². The Morgan fingerprint density at radius 2 is 1.60 bits per heavy atom. The van der Waals surface area contributed by atoms with Crippen molar-refractivity contribution in [3.8, 4) is 11.5 Å². The highest BCUT2D eigenvalue weighted by atomic mass is 32.2. The maximum atomic E-state index is 14.2. The topological polar surface area (TPSA) is 126 Å². The fraction of sp³-hybridized carbons (Fsp3) is 0.355. The van der Waals surface area contributed by atoms with Crippen LogP contribution in [0.4, 0.5) is 0 Å². The molecule has 3 aliphatic rings. The Morgan fingerprint density at radius 1 is 0.905 bits per heavy atom. The van der Waals surface area contributed by atoms with Crippen molar-refractivity contribution in [3.63, 3.8) is 0 Å². The van der Waals surface area contributed by atoms with Gasteiger partial charge >= 0.3 is 0 Å². The van der Waals surface area contributed by atoms with Crippen LogP contribution in [0.1, 0.15) is 48.9 Å². The van der Waals surface area contributed by atoms with Crippen LogP contribution in [0.2, 0.25) is 0 Å². The minimum Gasteiger partial charge on any atom is -0.457 e. The summed E-state index contributed by atoms with van der Waals surface area (Å²) >= 11 is 0. The Morgan fingerprint density at radius 3 is 2.29 bits per heavy atom. The molecule has 3 fully saturated rings. The molecule has 2 unspecified atom stereocenters. The maximum Gasteiger partial charge on any atom is 0.261 e. The molecule has 2 atom stereocenters. The monoisotopic (exact) mass is 588 g/mol. The number of pyridine rings is 1. The Hall–Kier alpha value is -4.09. The van der Waals surface area contributed by atoms with Crippen molar-refractivity contribution in [2.45, 2.75) is 61.2 Å². The molecule has 10 nitrogen and oxygen atoms in total. The molecule has 218 valence electrons. The first-order valence-electron chi connectivity index (χ1n) is 14.2. The van der Waals surface area contributed by atoms with Gasteiger partial charge in [-0.25, -0.2) is 13.4 Å². The van der Waals surface area contributed by atoms with E-state index >= 15 is 0 Å². The average Bonchev–Trinajstić information content (AvgIpc) is 3.60. The number of nitrogens with one attached hydrogen (secondary N) is 1. The highest BCUT2D eigenvalue weighted by Crippen LogP contribution is 2.38. The molecule has 6 rings (SSSR count). The van der Waals surface area contributed by atoms with Crippen LogP contribution in [-0.2, 0) is 19.6 Å². The van der Waals surface area contributed by atoms with E-state index in [4.69, 9.17) is 4.74 Å². The number of amides is 2. The Labute approximate surface area is 244 Å². The molecule has 1 saturated carbocycles. The summed E-state index contributed by atoms with van der Waals surface area (Å²) in [5.41, 5.74) is -0.784. The van der Waals surface area contributed by atoms with E-state index in [-0.39, 0.29) is 35.7 Å². The fourth-order valence-electron chi connectivity index (χ4n) is 6.35. The van der Waals surface area contributed by atoms with Crippen molar-refractivity contribution in [1.29, 1.82) is 0 Å². The molecular weight excluding hydrogens is 556 g/mol. The van der Waals surface area contributed by atoms with Crippen LogP contribution in [0.15, 0.2) is 84.0 Å². The van der Waals surface area contributed by atoms with Gasteiger partial charge in [0.2, 0.25) is 5.91 Å². The summed E-state index contributed by atoms with van der Waals surface area (Å²) in [5, 5.41) is 2.91. The van der Waals surface area contributed by atoms with Crippen molar-refractivity contribution in [2.24, 2.45) is 0 Å². The lowest BCUT2D eigenvalue weighted by Crippen LogP contribution is -2.62. The Balaban J connectivity index is 1.20. The number of likely N-dealkylation sites (tertiary alicyclic amines) is 1. The van der Waals surface area contributed by atoms with Gasteiger partial charge in [-0.1, -0.05) is 43.5 Å². The highest BCUT2D eigenvalue weighted by molar-refractivity contribution is 7.89. The molecule has 2 saturated heterocycles. The van der Waals surface area contributed by atoms with Crippen molar-refractivity contribution in [3.05, 3.63) is 84.6 Å². The largest absolute Gasteiger partial charge is 0.457 e. The number of benzene rings is 2. The number of hydrogen-bond acceptors (Lipinski definition) is 7. The number of nitrogens with zero attached hydrogens (tertiary/aromatic N) is 3. The number of sulfonamides is 1. The van der Waals surface area contributed by atoms with Gasteiger partial charge in [0.25, 0.3) is 15.9 Å². The zero-order valence-corrected chi connectivity index (χ0v) is 23.8. The van der Waals surface area contributed by atoms with Gasteiger partial charge in [-0.05, 0) is 67.8 Å². The Kier molecular flexibility index (Phi) is 7.54. The number of carbonyl (C=O) groups is 3. The molecule has 0 radical (unpaired) electrons. The third kappa shape index (κ3) is 5.18. The van der Waals surface area contributed by atoms with Crippen LogP contribution in [0.25, 0.3) is 0 Å². The van der Waals surface area contributed by atoms with Crippen LogP contribution < -0.4 is 10.1 Å². The standard InChI is InChI=1S/C31H32N4O6S/c36-26-21-35(42(39,40)27-11-5-8-19-32-27)25-16-20-34(28(25)26)30(38)31(17-6-2-7-18-31)33-29(37)22-12-14-24(15-13-22)41-23-9-3-1-4-10-23/h1,3-5,8-15,19,25,28H,2,6-7,16-18,20-21H2,(H,33,37). The van der Waals surface area contributed by atoms with Crippen LogP contribution in [0.5, 0.6) is 11.5 Å². The van der Waals surface area contributed by atoms with Gasteiger partial charge in [-0.2, -0.15) is 4.31 Å². The SMILES string of the molecule is O=C(NC1(C(=O)N2CCC3C2C(=O)CN3S(=O)(=O)c2ccccn2)CCCCC1)c1ccc(Oc2ccccc2)cc1. The van der Waals surface area contributed by atoms with Gasteiger partial charge in [0.1, 0.15) is 23.1 Å². The zero-order chi connectivity index (χ0) is 29.3. The molecule has 3 aromatic rings. The second-order valence-corrected chi connectivity index (χ2v) is 12.9. The summed E-state index contributed by atoms with van der Waals surface area (Å²) in [7, 11) is -4.01. The summed E-state index contributed by atoms with van der Waals surface area (Å²) in [6, 6.07) is 19.1. The van der Waals surface area contributed by atoms with Crippen molar-refractivity contribution in [2.75, 3.05) is 13.1 Å². The third-order valence-electron chi connectivity index (χ3n) is 8.41. The molecule has 0 spiro atoms. The number of aromatic nitrogens is 1. The zero-order valence-electron chi connectivity index (χ0n) is 23.0. The lowest BCUT2D eigenvalue weighted by molar-refractivity contribution is -0.143. The molecule has 1 N–H and O–H groups in total. The summed E-state index contributed by atoms with van der Waals surface area (Å²) < 4.78 is 33.7. The number of carbonyl (C=O) groups excluding carboxylic acids is 3. The number of hydrogen-bond donors (Lipinski definition) is 1. The quantitative estimate of drug-likeness (QED) is 0.447. The summed E-state index contributed by atoms with van der Waals surface area (Å²) in [4.78, 5) is 46.4.